The summed E-state index contributed by atoms with van der Waals surface area (Å²) in [5.41, 5.74) is 4.09. The lowest BCUT2D eigenvalue weighted by atomic mass is 9.87. The normalized spacial score (nSPS) is 17.4. The Hall–Kier alpha value is -1.97. The number of β-amino-alcohol motifs (C(OH)–C–C–N with tert-alkyl or cyclic N) is 1. The molecule has 0 amide bonds. The third kappa shape index (κ3) is 4.36. The number of aryl methyl sites for hydroxylation is 2. The van der Waals surface area contributed by atoms with Crippen molar-refractivity contribution in [3.05, 3.63) is 70.8 Å². The number of benzene rings is 2. The van der Waals surface area contributed by atoms with Crippen molar-refractivity contribution in [2.24, 2.45) is 5.92 Å². The van der Waals surface area contributed by atoms with Gasteiger partial charge in [-0.1, -0.05) is 54.1 Å². The highest BCUT2D eigenvalue weighted by molar-refractivity contribution is 5.99. The minimum absolute atomic E-state index is 0.103. The number of piperidine rings is 1. The van der Waals surface area contributed by atoms with Crippen molar-refractivity contribution in [3.63, 3.8) is 0 Å². The molecule has 1 aliphatic heterocycles. The molecular formula is C22H27NO2. The second-order valence-electron chi connectivity index (χ2n) is 7.18. The second-order valence-corrected chi connectivity index (χ2v) is 7.18. The van der Waals surface area contributed by atoms with E-state index in [2.05, 4.69) is 17.9 Å². The summed E-state index contributed by atoms with van der Waals surface area (Å²) in [6.07, 6.45) is 1.27. The fraction of sp³-hybridized carbons (Fsp3) is 0.409. The van der Waals surface area contributed by atoms with Gasteiger partial charge in [-0.05, 0) is 50.9 Å². The summed E-state index contributed by atoms with van der Waals surface area (Å²) < 4.78 is 0. The van der Waals surface area contributed by atoms with Gasteiger partial charge in [0.2, 0.25) is 0 Å². The second kappa shape index (κ2) is 7.94. The summed E-state index contributed by atoms with van der Waals surface area (Å²) >= 11 is 0. The number of aliphatic hydroxyl groups excluding tert-OH is 1. The first kappa shape index (κ1) is 17.8. The van der Waals surface area contributed by atoms with Crippen LogP contribution in [0.15, 0.2) is 48.5 Å². The lowest BCUT2D eigenvalue weighted by Gasteiger charge is -2.32. The van der Waals surface area contributed by atoms with E-state index in [1.54, 1.807) is 0 Å². The molecule has 1 fully saturated rings. The number of carbonyl (C=O) groups excluding carboxylic acids is 1. The van der Waals surface area contributed by atoms with Gasteiger partial charge < -0.3 is 10.0 Å². The Bertz CT molecular complexity index is 718. The standard InChI is InChI=1S/C22H27NO2/c1-16-8-9-20(17(2)14-16)22(25)19-10-12-23(13-11-19)15-21(24)18-6-4-3-5-7-18/h3-9,14,19,21,24H,10-13,15H2,1-2H3/t21-/m0/s1. The summed E-state index contributed by atoms with van der Waals surface area (Å²) in [6.45, 7) is 6.44. The van der Waals surface area contributed by atoms with E-state index in [0.717, 1.165) is 42.6 Å². The van der Waals surface area contributed by atoms with Crippen molar-refractivity contribution in [1.82, 2.24) is 4.90 Å². The molecule has 3 nitrogen and oxygen atoms in total. The zero-order valence-electron chi connectivity index (χ0n) is 15.1. The fourth-order valence-electron chi connectivity index (χ4n) is 3.71. The molecule has 1 aliphatic rings. The molecule has 1 atom stereocenters. The molecule has 0 unspecified atom stereocenters. The van der Waals surface area contributed by atoms with Gasteiger partial charge in [-0.2, -0.15) is 0 Å². The van der Waals surface area contributed by atoms with Crippen LogP contribution in [-0.2, 0) is 0 Å². The Balaban J connectivity index is 1.55. The van der Waals surface area contributed by atoms with Crippen LogP contribution in [0.2, 0.25) is 0 Å². The quantitative estimate of drug-likeness (QED) is 0.841. The smallest absolute Gasteiger partial charge is 0.166 e. The van der Waals surface area contributed by atoms with Gasteiger partial charge in [-0.25, -0.2) is 0 Å². The number of Topliss-reactive ketones (excluding diaryl/α,β-unsaturated/α-hetero) is 1. The monoisotopic (exact) mass is 337 g/mol. The van der Waals surface area contributed by atoms with E-state index in [4.69, 9.17) is 0 Å². The van der Waals surface area contributed by atoms with Gasteiger partial charge in [0, 0.05) is 18.0 Å². The van der Waals surface area contributed by atoms with E-state index in [9.17, 15) is 9.90 Å². The Morgan fingerprint density at radius 3 is 2.44 bits per heavy atom. The zero-order chi connectivity index (χ0) is 17.8. The number of nitrogens with zero attached hydrogens (tertiary/aromatic N) is 1. The molecule has 0 saturated carbocycles. The number of carbonyl (C=O) groups is 1. The molecule has 3 heteroatoms. The van der Waals surface area contributed by atoms with Crippen LogP contribution in [0.4, 0.5) is 0 Å². The van der Waals surface area contributed by atoms with Crippen LogP contribution in [0.25, 0.3) is 0 Å². The van der Waals surface area contributed by atoms with Crippen LogP contribution in [0.5, 0.6) is 0 Å². The Kier molecular flexibility index (Phi) is 5.67. The van der Waals surface area contributed by atoms with E-state index < -0.39 is 6.10 Å². The molecular weight excluding hydrogens is 310 g/mol. The molecule has 1 saturated heterocycles. The molecule has 2 aromatic rings. The minimum atomic E-state index is -0.465. The molecule has 132 valence electrons. The van der Waals surface area contributed by atoms with Crippen LogP contribution in [-0.4, -0.2) is 35.4 Å². The highest BCUT2D eigenvalue weighted by atomic mass is 16.3. The zero-order valence-corrected chi connectivity index (χ0v) is 15.1. The van der Waals surface area contributed by atoms with Gasteiger partial charge in [-0.3, -0.25) is 4.79 Å². The van der Waals surface area contributed by atoms with Crippen LogP contribution in [0.3, 0.4) is 0 Å². The average Bonchev–Trinajstić information content (AvgIpc) is 2.62. The topological polar surface area (TPSA) is 40.5 Å². The lowest BCUT2D eigenvalue weighted by Crippen LogP contribution is -2.38. The van der Waals surface area contributed by atoms with Crippen molar-refractivity contribution in [2.45, 2.75) is 32.8 Å². The largest absolute Gasteiger partial charge is 0.387 e. The van der Waals surface area contributed by atoms with Gasteiger partial charge in [0.25, 0.3) is 0 Å². The molecule has 1 heterocycles. The first-order valence-corrected chi connectivity index (χ1v) is 9.11. The van der Waals surface area contributed by atoms with E-state index >= 15 is 0 Å². The first-order valence-electron chi connectivity index (χ1n) is 9.11. The van der Waals surface area contributed by atoms with Crippen LogP contribution in [0, 0.1) is 19.8 Å². The van der Waals surface area contributed by atoms with Gasteiger partial charge in [-0.15, -0.1) is 0 Å². The average molecular weight is 337 g/mol. The first-order chi connectivity index (χ1) is 12.0. The lowest BCUT2D eigenvalue weighted by molar-refractivity contribution is 0.0726. The molecule has 0 aliphatic carbocycles. The van der Waals surface area contributed by atoms with Gasteiger partial charge in [0.05, 0.1) is 6.10 Å². The van der Waals surface area contributed by atoms with E-state index in [1.807, 2.05) is 49.4 Å². The number of aliphatic hydroxyl groups is 1. The predicted molar refractivity (Wildman–Crippen MR) is 101 cm³/mol. The fourth-order valence-corrected chi connectivity index (χ4v) is 3.71. The highest BCUT2D eigenvalue weighted by Gasteiger charge is 2.27. The molecule has 0 spiro atoms. The highest BCUT2D eigenvalue weighted by Crippen LogP contribution is 2.25. The van der Waals surface area contributed by atoms with Crippen LogP contribution < -0.4 is 0 Å². The molecule has 1 N–H and O–H groups in total. The van der Waals surface area contributed by atoms with E-state index in [-0.39, 0.29) is 11.7 Å². The van der Waals surface area contributed by atoms with Crippen molar-refractivity contribution in [1.29, 1.82) is 0 Å². The molecule has 3 rings (SSSR count). The molecule has 2 aromatic carbocycles. The number of likely N-dealkylation sites (tertiary alicyclic amines) is 1. The Morgan fingerprint density at radius 2 is 1.80 bits per heavy atom. The summed E-state index contributed by atoms with van der Waals surface area (Å²) in [4.78, 5) is 15.1. The molecule has 0 aromatic heterocycles. The van der Waals surface area contributed by atoms with Crippen molar-refractivity contribution in [2.75, 3.05) is 19.6 Å². The van der Waals surface area contributed by atoms with Gasteiger partial charge in [0.15, 0.2) is 5.78 Å². The summed E-state index contributed by atoms with van der Waals surface area (Å²) in [7, 11) is 0. The molecule has 25 heavy (non-hydrogen) atoms. The third-order valence-corrected chi connectivity index (χ3v) is 5.22. The molecule has 0 bridgehead atoms. The third-order valence-electron chi connectivity index (χ3n) is 5.22. The minimum Gasteiger partial charge on any atom is -0.387 e. The predicted octanol–water partition coefficient (Wildman–Crippen LogP) is 3.93. The van der Waals surface area contributed by atoms with Gasteiger partial charge in [0.1, 0.15) is 0 Å². The van der Waals surface area contributed by atoms with Crippen LogP contribution in [0.1, 0.15) is 46.0 Å². The maximum atomic E-state index is 12.8. The summed E-state index contributed by atoms with van der Waals surface area (Å²) in [6, 6.07) is 15.9. The number of ketones is 1. The Morgan fingerprint density at radius 1 is 1.12 bits per heavy atom. The van der Waals surface area contributed by atoms with E-state index in [0.29, 0.717) is 6.54 Å². The number of hydrogen-bond acceptors (Lipinski definition) is 3. The van der Waals surface area contributed by atoms with Crippen molar-refractivity contribution in [3.8, 4) is 0 Å². The van der Waals surface area contributed by atoms with Crippen molar-refractivity contribution < 1.29 is 9.90 Å². The Labute approximate surface area is 150 Å². The SMILES string of the molecule is Cc1ccc(C(=O)C2CCN(C[C@H](O)c3ccccc3)CC2)c(C)c1. The number of rotatable bonds is 5. The maximum Gasteiger partial charge on any atom is 0.166 e. The number of hydrogen-bond donors (Lipinski definition) is 1. The van der Waals surface area contributed by atoms with Crippen molar-refractivity contribution >= 4 is 5.78 Å². The summed E-state index contributed by atoms with van der Waals surface area (Å²) in [5, 5.41) is 10.4. The van der Waals surface area contributed by atoms with E-state index in [1.165, 1.54) is 5.56 Å². The molecule has 0 radical (unpaired) electrons. The summed E-state index contributed by atoms with van der Waals surface area (Å²) in [5.74, 6) is 0.382. The van der Waals surface area contributed by atoms with Gasteiger partial charge >= 0.3 is 0 Å². The maximum absolute atomic E-state index is 12.8. The van der Waals surface area contributed by atoms with Crippen LogP contribution >= 0.6 is 0 Å².